The summed E-state index contributed by atoms with van der Waals surface area (Å²) in [6, 6.07) is 7.03. The molecule has 1 aliphatic heterocycles. The smallest absolute Gasteiger partial charge is 0.203 e. The molecule has 0 aliphatic carbocycles. The van der Waals surface area contributed by atoms with E-state index < -0.39 is 0 Å². The number of hydrogen-bond acceptors (Lipinski definition) is 6. The van der Waals surface area contributed by atoms with Crippen molar-refractivity contribution in [2.24, 2.45) is 4.99 Å². The molecule has 0 saturated carbocycles. The van der Waals surface area contributed by atoms with Gasteiger partial charge in [0.05, 0.1) is 21.3 Å². The van der Waals surface area contributed by atoms with E-state index in [-0.39, 0.29) is 11.9 Å². The molecule has 1 unspecified atom stereocenters. The number of pyridine rings is 1. The second kappa shape index (κ2) is 10.7. The van der Waals surface area contributed by atoms with Gasteiger partial charge in [0.1, 0.15) is 0 Å². The third-order valence-electron chi connectivity index (χ3n) is 5.26. The summed E-state index contributed by atoms with van der Waals surface area (Å²) in [7, 11) is 6.54. The Morgan fingerprint density at radius 3 is 2.68 bits per heavy atom. The van der Waals surface area contributed by atoms with Gasteiger partial charge in [0.15, 0.2) is 29.1 Å². The Kier molecular flexibility index (Phi) is 7.75. The van der Waals surface area contributed by atoms with Gasteiger partial charge in [0, 0.05) is 44.5 Å². The number of methoxy groups -OCH3 is 3. The fourth-order valence-electron chi connectivity index (χ4n) is 3.74. The SMILES string of the molecule is CN=C(NCCc1ccc(OC)c(OC)c1OC)NC1CCN(c2ncccc2F)C1. The van der Waals surface area contributed by atoms with E-state index in [0.717, 1.165) is 18.5 Å². The van der Waals surface area contributed by atoms with Crippen molar-refractivity contribution in [3.63, 3.8) is 0 Å². The molecule has 9 heteroatoms. The zero-order chi connectivity index (χ0) is 22.2. The standard InChI is InChI=1S/C22H30FN5O3/c1-24-22(27-16-10-13-28(14-16)21-17(23)6-5-11-25-21)26-12-9-15-7-8-18(29-2)20(31-4)19(15)30-3/h5-8,11,16H,9-10,12-14H2,1-4H3,(H2,24,26,27). The summed E-state index contributed by atoms with van der Waals surface area (Å²) in [5, 5.41) is 6.74. The fourth-order valence-corrected chi connectivity index (χ4v) is 3.74. The monoisotopic (exact) mass is 431 g/mol. The molecular formula is C22H30FN5O3. The van der Waals surface area contributed by atoms with Gasteiger partial charge in [-0.3, -0.25) is 4.99 Å². The average molecular weight is 432 g/mol. The van der Waals surface area contributed by atoms with Crippen LogP contribution in [-0.4, -0.2) is 65.0 Å². The number of nitrogens with zero attached hydrogens (tertiary/aromatic N) is 3. The summed E-state index contributed by atoms with van der Waals surface area (Å²) < 4.78 is 30.3. The maximum absolute atomic E-state index is 14.0. The highest BCUT2D eigenvalue weighted by Crippen LogP contribution is 2.39. The van der Waals surface area contributed by atoms with E-state index in [2.05, 4.69) is 20.6 Å². The molecule has 2 aromatic rings. The van der Waals surface area contributed by atoms with E-state index in [4.69, 9.17) is 14.2 Å². The van der Waals surface area contributed by atoms with Crippen LogP contribution in [0.25, 0.3) is 0 Å². The molecule has 2 N–H and O–H groups in total. The third kappa shape index (κ3) is 5.28. The lowest BCUT2D eigenvalue weighted by Crippen LogP contribution is -2.45. The number of halogens is 1. The van der Waals surface area contributed by atoms with Gasteiger partial charge in [-0.15, -0.1) is 0 Å². The normalized spacial score (nSPS) is 16.2. The minimum absolute atomic E-state index is 0.156. The summed E-state index contributed by atoms with van der Waals surface area (Å²) in [5.74, 6) is 2.68. The predicted molar refractivity (Wildman–Crippen MR) is 119 cm³/mol. The van der Waals surface area contributed by atoms with Gasteiger partial charge in [0.25, 0.3) is 0 Å². The van der Waals surface area contributed by atoms with Crippen LogP contribution in [0.1, 0.15) is 12.0 Å². The highest BCUT2D eigenvalue weighted by molar-refractivity contribution is 5.80. The second-order valence-electron chi connectivity index (χ2n) is 7.13. The summed E-state index contributed by atoms with van der Waals surface area (Å²) in [6.07, 6.45) is 3.20. The molecule has 0 radical (unpaired) electrons. The van der Waals surface area contributed by atoms with E-state index in [1.807, 2.05) is 17.0 Å². The fraction of sp³-hybridized carbons (Fsp3) is 0.455. The van der Waals surface area contributed by atoms with Crippen LogP contribution >= 0.6 is 0 Å². The van der Waals surface area contributed by atoms with Crippen LogP contribution < -0.4 is 29.7 Å². The van der Waals surface area contributed by atoms with Gasteiger partial charge < -0.3 is 29.7 Å². The minimum atomic E-state index is -0.297. The van der Waals surface area contributed by atoms with Crippen molar-refractivity contribution in [1.82, 2.24) is 15.6 Å². The molecule has 3 rings (SSSR count). The first-order valence-corrected chi connectivity index (χ1v) is 10.2. The molecule has 1 atom stereocenters. The maximum Gasteiger partial charge on any atom is 0.203 e. The van der Waals surface area contributed by atoms with Crippen LogP contribution in [0.2, 0.25) is 0 Å². The van der Waals surface area contributed by atoms with Crippen LogP contribution in [0.15, 0.2) is 35.5 Å². The van der Waals surface area contributed by atoms with Crippen LogP contribution in [0.5, 0.6) is 17.2 Å². The van der Waals surface area contributed by atoms with Crippen molar-refractivity contribution < 1.29 is 18.6 Å². The van der Waals surface area contributed by atoms with Gasteiger partial charge >= 0.3 is 0 Å². The minimum Gasteiger partial charge on any atom is -0.493 e. The maximum atomic E-state index is 14.0. The van der Waals surface area contributed by atoms with Crippen LogP contribution in [-0.2, 0) is 6.42 Å². The Bertz CT molecular complexity index is 909. The van der Waals surface area contributed by atoms with Crippen LogP contribution in [0, 0.1) is 5.82 Å². The van der Waals surface area contributed by atoms with E-state index in [1.54, 1.807) is 40.6 Å². The van der Waals surface area contributed by atoms with Gasteiger partial charge in [-0.25, -0.2) is 9.37 Å². The van der Waals surface area contributed by atoms with Crippen LogP contribution in [0.4, 0.5) is 10.2 Å². The first-order valence-electron chi connectivity index (χ1n) is 10.2. The summed E-state index contributed by atoms with van der Waals surface area (Å²) in [5.41, 5.74) is 1.00. The Balaban J connectivity index is 1.54. The number of nitrogens with one attached hydrogen (secondary N) is 2. The first kappa shape index (κ1) is 22.5. The lowest BCUT2D eigenvalue weighted by atomic mass is 10.1. The van der Waals surface area contributed by atoms with E-state index >= 15 is 0 Å². The number of aliphatic imine (C=N–C) groups is 1. The molecule has 8 nitrogen and oxygen atoms in total. The largest absolute Gasteiger partial charge is 0.493 e. The lowest BCUT2D eigenvalue weighted by Gasteiger charge is -2.20. The van der Waals surface area contributed by atoms with Crippen molar-refractivity contribution in [3.8, 4) is 17.2 Å². The highest BCUT2D eigenvalue weighted by Gasteiger charge is 2.26. The van der Waals surface area contributed by atoms with Crippen molar-refractivity contribution in [2.45, 2.75) is 18.9 Å². The number of aromatic nitrogens is 1. The summed E-state index contributed by atoms with van der Waals surface area (Å²) >= 11 is 0. The molecule has 0 bridgehead atoms. The molecule has 31 heavy (non-hydrogen) atoms. The third-order valence-corrected chi connectivity index (χ3v) is 5.26. The molecule has 2 heterocycles. The molecule has 0 spiro atoms. The molecule has 1 aromatic heterocycles. The zero-order valence-corrected chi connectivity index (χ0v) is 18.4. The Morgan fingerprint density at radius 2 is 2.00 bits per heavy atom. The summed E-state index contributed by atoms with van der Waals surface area (Å²) in [4.78, 5) is 10.4. The number of ether oxygens (including phenoxy) is 3. The van der Waals surface area contributed by atoms with Gasteiger partial charge in [-0.1, -0.05) is 6.07 Å². The van der Waals surface area contributed by atoms with Crippen LogP contribution in [0.3, 0.4) is 0 Å². The Labute approximate surface area is 182 Å². The second-order valence-corrected chi connectivity index (χ2v) is 7.13. The van der Waals surface area contributed by atoms with Crippen molar-refractivity contribution in [1.29, 1.82) is 0 Å². The predicted octanol–water partition coefficient (Wildman–Crippen LogP) is 2.23. The van der Waals surface area contributed by atoms with Gasteiger partial charge in [-0.05, 0) is 31.0 Å². The molecule has 1 aliphatic rings. The quantitative estimate of drug-likeness (QED) is 0.490. The average Bonchev–Trinajstić information content (AvgIpc) is 3.26. The van der Waals surface area contributed by atoms with E-state index in [9.17, 15) is 4.39 Å². The van der Waals surface area contributed by atoms with E-state index in [0.29, 0.717) is 48.5 Å². The topological polar surface area (TPSA) is 80.2 Å². The Morgan fingerprint density at radius 1 is 1.19 bits per heavy atom. The number of anilines is 1. The van der Waals surface area contributed by atoms with E-state index in [1.165, 1.54) is 6.07 Å². The van der Waals surface area contributed by atoms with Gasteiger partial charge in [0.2, 0.25) is 5.75 Å². The van der Waals surface area contributed by atoms with Gasteiger partial charge in [-0.2, -0.15) is 0 Å². The molecule has 0 amide bonds. The number of guanidine groups is 1. The zero-order valence-electron chi connectivity index (χ0n) is 18.4. The molecule has 168 valence electrons. The molecule has 1 aromatic carbocycles. The first-order chi connectivity index (χ1) is 15.1. The molecule has 1 saturated heterocycles. The van der Waals surface area contributed by atoms with Crippen molar-refractivity contribution in [3.05, 3.63) is 41.8 Å². The number of rotatable bonds is 8. The molecule has 1 fully saturated rings. The lowest BCUT2D eigenvalue weighted by molar-refractivity contribution is 0.322. The Hall–Kier alpha value is -3.23. The number of hydrogen-bond donors (Lipinski definition) is 2. The summed E-state index contributed by atoms with van der Waals surface area (Å²) in [6.45, 7) is 2.06. The van der Waals surface area contributed by atoms with Crippen molar-refractivity contribution in [2.75, 3.05) is 52.9 Å². The highest BCUT2D eigenvalue weighted by atomic mass is 19.1. The number of benzene rings is 1. The molecular weight excluding hydrogens is 401 g/mol. The van der Waals surface area contributed by atoms with Crippen molar-refractivity contribution >= 4 is 11.8 Å².